The van der Waals surface area contributed by atoms with Crippen LogP contribution in [0.4, 0.5) is 0 Å². The summed E-state index contributed by atoms with van der Waals surface area (Å²) in [5.41, 5.74) is -0.368. The minimum absolute atomic E-state index is 0.345. The Morgan fingerprint density at radius 3 is 2.73 bits per heavy atom. The third kappa shape index (κ3) is 2.86. The molecule has 0 aromatic carbocycles. The van der Waals surface area contributed by atoms with E-state index in [-0.39, 0.29) is 11.8 Å². The Hall–Kier alpha value is -2.42. The monoisotopic (exact) mass is 378 g/mol. The summed E-state index contributed by atoms with van der Waals surface area (Å²) in [6, 6.07) is 0.968. The van der Waals surface area contributed by atoms with Crippen LogP contribution in [0.25, 0.3) is 10.2 Å². The fourth-order valence-corrected chi connectivity index (χ4v) is 4.45. The molecule has 2 aromatic rings. The number of thiophene rings is 1. The number of carboxylic acids is 1. The van der Waals surface area contributed by atoms with Gasteiger partial charge < -0.3 is 15.3 Å². The van der Waals surface area contributed by atoms with Gasteiger partial charge in [-0.2, -0.15) is 5.10 Å². The van der Waals surface area contributed by atoms with Crippen LogP contribution in [0.5, 0.6) is 0 Å². The molecule has 3 rings (SSSR count). The number of carbonyl (C=O) groups is 3. The number of amides is 2. The highest BCUT2D eigenvalue weighted by atomic mass is 32.1. The third-order valence-electron chi connectivity index (χ3n) is 5.01. The predicted molar refractivity (Wildman–Crippen MR) is 97.2 cm³/mol. The van der Waals surface area contributed by atoms with E-state index in [1.54, 1.807) is 24.6 Å². The Bertz CT molecular complexity index is 868. The highest BCUT2D eigenvalue weighted by molar-refractivity contribution is 7.20. The van der Waals surface area contributed by atoms with Gasteiger partial charge in [0.25, 0.3) is 5.91 Å². The van der Waals surface area contributed by atoms with Crippen molar-refractivity contribution >= 4 is 39.3 Å². The maximum Gasteiger partial charge on any atom is 0.329 e. The first-order valence-electron chi connectivity index (χ1n) is 8.44. The number of aromatic nitrogens is 2. The molecule has 0 radical (unpaired) electrons. The molecule has 8 nitrogen and oxygen atoms in total. The molecule has 2 aromatic heterocycles. The number of nitrogens with one attached hydrogen (secondary N) is 1. The van der Waals surface area contributed by atoms with Crippen molar-refractivity contribution in [2.24, 2.45) is 7.05 Å². The summed E-state index contributed by atoms with van der Waals surface area (Å²) >= 11 is 1.31. The predicted octanol–water partition coefficient (Wildman–Crippen LogP) is 1.53. The fraction of sp³-hybridized carbons (Fsp3) is 0.529. The van der Waals surface area contributed by atoms with E-state index in [0.29, 0.717) is 24.3 Å². The second kappa shape index (κ2) is 6.39. The molecule has 1 fully saturated rings. The molecule has 2 amide bonds. The first-order chi connectivity index (χ1) is 12.1. The molecular weight excluding hydrogens is 356 g/mol. The van der Waals surface area contributed by atoms with Crippen LogP contribution < -0.4 is 5.32 Å². The molecule has 0 aliphatic carbocycles. The molecule has 26 heavy (non-hydrogen) atoms. The van der Waals surface area contributed by atoms with Crippen LogP contribution in [-0.2, 0) is 16.6 Å². The molecule has 1 aliphatic rings. The summed E-state index contributed by atoms with van der Waals surface area (Å²) in [5, 5.41) is 17.4. The molecule has 9 heteroatoms. The average Bonchev–Trinajstić information content (AvgIpc) is 3.24. The number of aliphatic carboxylic acids is 1. The zero-order valence-electron chi connectivity index (χ0n) is 15.2. The van der Waals surface area contributed by atoms with Crippen molar-refractivity contribution in [3.8, 4) is 0 Å². The van der Waals surface area contributed by atoms with E-state index in [0.717, 1.165) is 15.9 Å². The van der Waals surface area contributed by atoms with Gasteiger partial charge in [0.15, 0.2) is 0 Å². The number of carboxylic acid groups (broad SMARTS) is 1. The minimum atomic E-state index is -1.21. The number of aryl methyl sites for hydroxylation is 2. The first kappa shape index (κ1) is 18.4. The summed E-state index contributed by atoms with van der Waals surface area (Å²) in [6.45, 7) is 5.40. The molecule has 3 heterocycles. The number of carbonyl (C=O) groups excluding carboxylic acids is 2. The van der Waals surface area contributed by atoms with Gasteiger partial charge >= 0.3 is 5.97 Å². The van der Waals surface area contributed by atoms with Crippen LogP contribution in [0.3, 0.4) is 0 Å². The number of likely N-dealkylation sites (tertiary alicyclic amines) is 1. The molecule has 140 valence electrons. The van der Waals surface area contributed by atoms with Gasteiger partial charge in [0.1, 0.15) is 16.4 Å². The van der Waals surface area contributed by atoms with Gasteiger partial charge in [-0.25, -0.2) is 4.79 Å². The summed E-state index contributed by atoms with van der Waals surface area (Å²) in [5.74, 6) is -1.74. The lowest BCUT2D eigenvalue weighted by molar-refractivity contribution is -0.155. The van der Waals surface area contributed by atoms with E-state index in [9.17, 15) is 19.5 Å². The summed E-state index contributed by atoms with van der Waals surface area (Å²) in [4.78, 5) is 39.5. The lowest BCUT2D eigenvalue weighted by Crippen LogP contribution is -2.56. The van der Waals surface area contributed by atoms with Gasteiger partial charge in [-0.3, -0.25) is 14.3 Å². The van der Waals surface area contributed by atoms with Crippen LogP contribution in [-0.4, -0.2) is 55.7 Å². The molecule has 2 N–H and O–H groups in total. The van der Waals surface area contributed by atoms with Gasteiger partial charge in [0, 0.05) is 19.0 Å². The molecule has 0 saturated carbocycles. The number of hydrogen-bond donors (Lipinski definition) is 2. The Labute approximate surface area is 154 Å². The molecular formula is C17H22N4O4S. The Kier molecular flexibility index (Phi) is 4.51. The zero-order valence-corrected chi connectivity index (χ0v) is 16.0. The maximum atomic E-state index is 12.7. The van der Waals surface area contributed by atoms with Gasteiger partial charge in [-0.1, -0.05) is 0 Å². The molecule has 1 aliphatic heterocycles. The Balaban J connectivity index is 1.75. The molecule has 1 saturated heterocycles. The van der Waals surface area contributed by atoms with E-state index >= 15 is 0 Å². The summed E-state index contributed by atoms with van der Waals surface area (Å²) < 4.78 is 1.73. The zero-order chi connectivity index (χ0) is 19.2. The SMILES string of the molecule is Cc1nn(C)c2sc(C(=O)NC(C)C(=O)N3CCCC3(C)C(=O)O)cc12. The van der Waals surface area contributed by atoms with E-state index in [4.69, 9.17) is 0 Å². The van der Waals surface area contributed by atoms with Gasteiger partial charge in [0.2, 0.25) is 5.91 Å². The normalized spacial score (nSPS) is 21.2. The van der Waals surface area contributed by atoms with E-state index < -0.39 is 17.6 Å². The highest BCUT2D eigenvalue weighted by Crippen LogP contribution is 2.30. The second-order valence-corrected chi connectivity index (χ2v) is 7.94. The first-order valence-corrected chi connectivity index (χ1v) is 9.25. The average molecular weight is 378 g/mol. The summed E-state index contributed by atoms with van der Waals surface area (Å²) in [6.07, 6.45) is 1.05. The van der Waals surface area contributed by atoms with Crippen LogP contribution in [0.1, 0.15) is 42.1 Å². The van der Waals surface area contributed by atoms with Crippen LogP contribution in [0.2, 0.25) is 0 Å². The van der Waals surface area contributed by atoms with Gasteiger partial charge in [0.05, 0.1) is 10.6 Å². The van der Waals surface area contributed by atoms with E-state index in [2.05, 4.69) is 10.4 Å². The molecule has 2 atom stereocenters. The summed E-state index contributed by atoms with van der Waals surface area (Å²) in [7, 11) is 1.82. The third-order valence-corrected chi connectivity index (χ3v) is 6.21. The van der Waals surface area contributed by atoms with Crippen molar-refractivity contribution in [3.63, 3.8) is 0 Å². The molecule has 0 bridgehead atoms. The largest absolute Gasteiger partial charge is 0.480 e. The Morgan fingerprint density at radius 1 is 1.42 bits per heavy atom. The van der Waals surface area contributed by atoms with Crippen LogP contribution >= 0.6 is 11.3 Å². The van der Waals surface area contributed by atoms with Gasteiger partial charge in [-0.05, 0) is 39.7 Å². The number of rotatable bonds is 4. The number of fused-ring (bicyclic) bond motifs is 1. The number of hydrogen-bond acceptors (Lipinski definition) is 5. The van der Waals surface area contributed by atoms with Crippen molar-refractivity contribution in [2.75, 3.05) is 6.54 Å². The van der Waals surface area contributed by atoms with Crippen molar-refractivity contribution < 1.29 is 19.5 Å². The second-order valence-electron chi connectivity index (χ2n) is 6.91. The van der Waals surface area contributed by atoms with Crippen LogP contribution in [0.15, 0.2) is 6.07 Å². The molecule has 0 spiro atoms. The lowest BCUT2D eigenvalue weighted by atomic mass is 9.99. The fourth-order valence-electron chi connectivity index (χ4n) is 3.42. The molecule has 2 unspecified atom stereocenters. The van der Waals surface area contributed by atoms with Gasteiger partial charge in [-0.15, -0.1) is 11.3 Å². The number of nitrogens with zero attached hydrogens (tertiary/aromatic N) is 3. The van der Waals surface area contributed by atoms with Crippen molar-refractivity contribution in [3.05, 3.63) is 16.6 Å². The van der Waals surface area contributed by atoms with Crippen molar-refractivity contribution in [1.29, 1.82) is 0 Å². The van der Waals surface area contributed by atoms with Crippen LogP contribution in [0, 0.1) is 6.92 Å². The minimum Gasteiger partial charge on any atom is -0.480 e. The van der Waals surface area contributed by atoms with E-state index in [1.807, 2.05) is 14.0 Å². The topological polar surface area (TPSA) is 105 Å². The quantitative estimate of drug-likeness (QED) is 0.839. The maximum absolute atomic E-state index is 12.7. The lowest BCUT2D eigenvalue weighted by Gasteiger charge is -2.33. The van der Waals surface area contributed by atoms with Crippen molar-refractivity contribution in [2.45, 2.75) is 45.2 Å². The van der Waals surface area contributed by atoms with E-state index in [1.165, 1.54) is 16.2 Å². The van der Waals surface area contributed by atoms with Crippen molar-refractivity contribution in [1.82, 2.24) is 20.0 Å². The standard InChI is InChI=1S/C17H22N4O4S/c1-9-11-8-12(26-15(11)20(4)19-9)13(22)18-10(2)14(23)21-7-5-6-17(21,3)16(24)25/h8,10H,5-7H2,1-4H3,(H,18,22)(H,24,25). The highest BCUT2D eigenvalue weighted by Gasteiger charge is 2.47. The Morgan fingerprint density at radius 2 is 2.12 bits per heavy atom. The smallest absolute Gasteiger partial charge is 0.329 e.